The van der Waals surface area contributed by atoms with Crippen LogP contribution in [0, 0.1) is 0 Å². The predicted octanol–water partition coefficient (Wildman–Crippen LogP) is 2.02. The second-order valence-electron chi connectivity index (χ2n) is 4.47. The lowest BCUT2D eigenvalue weighted by Gasteiger charge is -2.19. The number of aromatic nitrogens is 1. The zero-order valence-electron chi connectivity index (χ0n) is 10.1. The summed E-state index contributed by atoms with van der Waals surface area (Å²) in [5, 5.41) is 4.89. The second-order valence-corrected chi connectivity index (χ2v) is 5.36. The van der Waals surface area contributed by atoms with E-state index < -0.39 is 11.7 Å². The van der Waals surface area contributed by atoms with Crippen molar-refractivity contribution in [1.29, 1.82) is 0 Å². The predicted molar refractivity (Wildman–Crippen MR) is 65.4 cm³/mol. The van der Waals surface area contributed by atoms with Gasteiger partial charge in [-0.1, -0.05) is 0 Å². The van der Waals surface area contributed by atoms with Crippen LogP contribution in [0.5, 0.6) is 0 Å². The van der Waals surface area contributed by atoms with Crippen molar-refractivity contribution in [2.45, 2.75) is 32.8 Å². The van der Waals surface area contributed by atoms with Crippen LogP contribution in [0.4, 0.5) is 4.79 Å². The topological polar surface area (TPSA) is 68.3 Å². The van der Waals surface area contributed by atoms with Gasteiger partial charge in [-0.25, -0.2) is 9.78 Å². The van der Waals surface area contributed by atoms with Crippen molar-refractivity contribution < 1.29 is 14.3 Å². The molecular weight excluding hydrogens is 240 g/mol. The van der Waals surface area contributed by atoms with Gasteiger partial charge in [0.25, 0.3) is 0 Å². The highest BCUT2D eigenvalue weighted by atomic mass is 32.1. The first kappa shape index (κ1) is 13.6. The van der Waals surface area contributed by atoms with Crippen molar-refractivity contribution >= 4 is 23.7 Å². The van der Waals surface area contributed by atoms with Crippen LogP contribution in [0.1, 0.15) is 36.3 Å². The molecule has 0 bridgehead atoms. The molecule has 0 aliphatic carbocycles. The molecule has 0 fully saturated rings. The van der Waals surface area contributed by atoms with E-state index in [1.807, 2.05) is 20.8 Å². The molecule has 1 N–H and O–H groups in total. The van der Waals surface area contributed by atoms with E-state index in [0.717, 1.165) is 12.0 Å². The fraction of sp³-hybridized carbons (Fsp3) is 0.545. The fourth-order valence-electron chi connectivity index (χ4n) is 1.10. The molecule has 0 aliphatic heterocycles. The minimum absolute atomic E-state index is 0.441. The highest BCUT2D eigenvalue weighted by Gasteiger charge is 2.15. The second kappa shape index (κ2) is 5.77. The summed E-state index contributed by atoms with van der Waals surface area (Å²) < 4.78 is 5.08. The van der Waals surface area contributed by atoms with Gasteiger partial charge in [-0.3, -0.25) is 4.79 Å². The van der Waals surface area contributed by atoms with Crippen LogP contribution in [-0.2, 0) is 11.2 Å². The van der Waals surface area contributed by atoms with Gasteiger partial charge in [0.2, 0.25) is 0 Å². The summed E-state index contributed by atoms with van der Waals surface area (Å²) in [6.45, 7) is 5.87. The summed E-state index contributed by atoms with van der Waals surface area (Å²) in [5.41, 5.74) is 0.309. The Kier molecular flexibility index (Phi) is 4.62. The van der Waals surface area contributed by atoms with E-state index in [4.69, 9.17) is 4.74 Å². The van der Waals surface area contributed by atoms with Crippen molar-refractivity contribution in [3.05, 3.63) is 16.1 Å². The maximum atomic E-state index is 11.3. The van der Waals surface area contributed by atoms with Crippen molar-refractivity contribution in [2.24, 2.45) is 0 Å². The standard InChI is InChI=1S/C11H16N2O3S/c1-11(2,3)16-10(15)12-5-4-8-7-17-9(6-14)13-8/h6-7H,4-5H2,1-3H3,(H,12,15). The van der Waals surface area contributed by atoms with Crippen LogP contribution in [0.3, 0.4) is 0 Å². The molecule has 0 aliphatic rings. The first-order valence-electron chi connectivity index (χ1n) is 5.27. The van der Waals surface area contributed by atoms with Gasteiger partial charge in [-0.15, -0.1) is 11.3 Å². The van der Waals surface area contributed by atoms with E-state index in [1.165, 1.54) is 11.3 Å². The van der Waals surface area contributed by atoms with Gasteiger partial charge in [0.15, 0.2) is 11.3 Å². The van der Waals surface area contributed by atoms with E-state index in [2.05, 4.69) is 10.3 Å². The minimum Gasteiger partial charge on any atom is -0.444 e. The molecule has 1 aromatic heterocycles. The summed E-state index contributed by atoms with van der Waals surface area (Å²) in [6, 6.07) is 0. The van der Waals surface area contributed by atoms with Gasteiger partial charge in [-0.05, 0) is 20.8 Å². The Morgan fingerprint density at radius 1 is 1.59 bits per heavy atom. The zero-order valence-corrected chi connectivity index (χ0v) is 11.0. The third-order valence-electron chi connectivity index (χ3n) is 1.72. The van der Waals surface area contributed by atoms with Gasteiger partial charge >= 0.3 is 6.09 Å². The highest BCUT2D eigenvalue weighted by molar-refractivity contribution is 7.11. The Morgan fingerprint density at radius 2 is 2.29 bits per heavy atom. The molecule has 6 heteroatoms. The number of amides is 1. The van der Waals surface area contributed by atoms with Crippen molar-refractivity contribution in [3.8, 4) is 0 Å². The summed E-state index contributed by atoms with van der Waals surface area (Å²) in [5.74, 6) is 0. The lowest BCUT2D eigenvalue weighted by atomic mass is 10.2. The number of nitrogens with zero attached hydrogens (tertiary/aromatic N) is 1. The van der Waals surface area contributed by atoms with Crippen LogP contribution in [0.2, 0.25) is 0 Å². The molecule has 0 atom stereocenters. The SMILES string of the molecule is CC(C)(C)OC(=O)NCCc1csc(C=O)n1. The Morgan fingerprint density at radius 3 is 2.82 bits per heavy atom. The van der Waals surface area contributed by atoms with Gasteiger partial charge in [0.1, 0.15) is 5.60 Å². The third kappa shape index (κ3) is 5.44. The highest BCUT2D eigenvalue weighted by Crippen LogP contribution is 2.08. The number of aldehydes is 1. The van der Waals surface area contributed by atoms with Gasteiger partial charge in [0.05, 0.1) is 5.69 Å². The van der Waals surface area contributed by atoms with Gasteiger partial charge in [0, 0.05) is 18.3 Å². The lowest BCUT2D eigenvalue weighted by Crippen LogP contribution is -2.33. The number of nitrogens with one attached hydrogen (secondary N) is 1. The number of carbonyl (C=O) groups is 2. The molecule has 1 aromatic rings. The Bertz CT molecular complexity index is 396. The Balaban J connectivity index is 2.28. The molecular formula is C11H16N2O3S. The van der Waals surface area contributed by atoms with Gasteiger partial charge < -0.3 is 10.1 Å². The quantitative estimate of drug-likeness (QED) is 0.837. The molecule has 17 heavy (non-hydrogen) atoms. The normalized spacial score (nSPS) is 11.0. The van der Waals surface area contributed by atoms with Gasteiger partial charge in [-0.2, -0.15) is 0 Å². The first-order chi connectivity index (χ1) is 7.90. The molecule has 0 saturated carbocycles. The number of hydrogen-bond donors (Lipinski definition) is 1. The summed E-state index contributed by atoms with van der Waals surface area (Å²) >= 11 is 1.30. The smallest absolute Gasteiger partial charge is 0.407 e. The van der Waals surface area contributed by atoms with Crippen molar-refractivity contribution in [3.63, 3.8) is 0 Å². The number of hydrogen-bond acceptors (Lipinski definition) is 5. The van der Waals surface area contributed by atoms with E-state index in [1.54, 1.807) is 5.38 Å². The molecule has 1 heterocycles. The monoisotopic (exact) mass is 256 g/mol. The van der Waals surface area contributed by atoms with E-state index in [0.29, 0.717) is 18.0 Å². The van der Waals surface area contributed by atoms with E-state index >= 15 is 0 Å². The first-order valence-corrected chi connectivity index (χ1v) is 6.15. The minimum atomic E-state index is -0.491. The summed E-state index contributed by atoms with van der Waals surface area (Å²) in [4.78, 5) is 25.8. The third-order valence-corrected chi connectivity index (χ3v) is 2.54. The maximum absolute atomic E-state index is 11.3. The summed E-state index contributed by atoms with van der Waals surface area (Å²) in [6.07, 6.45) is 0.863. The number of thiazole rings is 1. The van der Waals surface area contributed by atoms with E-state index in [9.17, 15) is 9.59 Å². The number of carbonyl (C=O) groups excluding carboxylic acids is 2. The molecule has 0 radical (unpaired) electrons. The van der Waals surface area contributed by atoms with Crippen LogP contribution in [0.25, 0.3) is 0 Å². The number of alkyl carbamates (subject to hydrolysis) is 1. The maximum Gasteiger partial charge on any atom is 0.407 e. The number of ether oxygens (including phenoxy) is 1. The Labute approximate surface area is 104 Å². The van der Waals surface area contributed by atoms with Crippen LogP contribution in [-0.4, -0.2) is 29.5 Å². The largest absolute Gasteiger partial charge is 0.444 e. The van der Waals surface area contributed by atoms with Crippen molar-refractivity contribution in [1.82, 2.24) is 10.3 Å². The average molecular weight is 256 g/mol. The zero-order chi connectivity index (χ0) is 12.9. The van der Waals surface area contributed by atoms with E-state index in [-0.39, 0.29) is 0 Å². The van der Waals surface area contributed by atoms with Crippen LogP contribution in [0.15, 0.2) is 5.38 Å². The fourth-order valence-corrected chi connectivity index (χ4v) is 1.75. The van der Waals surface area contributed by atoms with Crippen LogP contribution < -0.4 is 5.32 Å². The molecule has 0 spiro atoms. The molecule has 0 saturated heterocycles. The Hall–Kier alpha value is -1.43. The molecule has 5 nitrogen and oxygen atoms in total. The summed E-state index contributed by atoms with van der Waals surface area (Å²) in [7, 11) is 0. The average Bonchev–Trinajstić information content (AvgIpc) is 2.63. The molecule has 0 aromatic carbocycles. The molecule has 94 valence electrons. The lowest BCUT2D eigenvalue weighted by molar-refractivity contribution is 0.0528. The molecule has 0 unspecified atom stereocenters. The number of rotatable bonds is 4. The molecule has 1 amide bonds. The van der Waals surface area contributed by atoms with Crippen molar-refractivity contribution in [2.75, 3.05) is 6.54 Å². The van der Waals surface area contributed by atoms with Crippen LogP contribution >= 0.6 is 11.3 Å². The molecule has 1 rings (SSSR count).